The van der Waals surface area contributed by atoms with Crippen LogP contribution >= 0.6 is 11.8 Å². The molecule has 0 amide bonds. The second-order valence-electron chi connectivity index (χ2n) is 4.63. The van der Waals surface area contributed by atoms with Crippen LogP contribution in [0.25, 0.3) is 0 Å². The van der Waals surface area contributed by atoms with Gasteiger partial charge in [0, 0.05) is 17.5 Å². The van der Waals surface area contributed by atoms with Crippen LogP contribution in [0.3, 0.4) is 0 Å². The summed E-state index contributed by atoms with van der Waals surface area (Å²) in [7, 11) is 0. The summed E-state index contributed by atoms with van der Waals surface area (Å²) in [5, 5.41) is 12.4. The van der Waals surface area contributed by atoms with Gasteiger partial charge in [-0.3, -0.25) is 5.32 Å². The predicted molar refractivity (Wildman–Crippen MR) is 72.9 cm³/mol. The second-order valence-corrected chi connectivity index (χ2v) is 5.66. The lowest BCUT2D eigenvalue weighted by Gasteiger charge is -2.10. The predicted octanol–water partition coefficient (Wildman–Crippen LogP) is 2.87. The lowest BCUT2D eigenvalue weighted by atomic mass is 10.2. The van der Waals surface area contributed by atoms with Gasteiger partial charge in [0.15, 0.2) is 0 Å². The van der Waals surface area contributed by atoms with E-state index in [0.717, 1.165) is 11.5 Å². The molecule has 1 aliphatic rings. The van der Waals surface area contributed by atoms with Gasteiger partial charge in [-0.25, -0.2) is 0 Å². The zero-order valence-electron chi connectivity index (χ0n) is 10.1. The summed E-state index contributed by atoms with van der Waals surface area (Å²) in [4.78, 5) is 0. The molecular weight excluding hydrogens is 228 g/mol. The standard InChI is InChI=1S/C14H18N2S/c1-11-3-2-4-12(7-11)9-17-10-14(8-15)16-13-5-6-13/h2-4,7,13-14,16H,5-6,9-10H2,1H3. The van der Waals surface area contributed by atoms with Crippen molar-refractivity contribution in [1.29, 1.82) is 5.26 Å². The van der Waals surface area contributed by atoms with Gasteiger partial charge in [-0.2, -0.15) is 17.0 Å². The first-order valence-electron chi connectivity index (χ1n) is 6.07. The quantitative estimate of drug-likeness (QED) is 0.838. The molecule has 1 fully saturated rings. The van der Waals surface area contributed by atoms with Gasteiger partial charge in [-0.15, -0.1) is 0 Å². The molecule has 0 heterocycles. The van der Waals surface area contributed by atoms with Crippen LogP contribution in [0, 0.1) is 18.3 Å². The Bertz CT molecular complexity index is 407. The molecule has 0 radical (unpaired) electrons. The normalized spacial score (nSPS) is 16.5. The van der Waals surface area contributed by atoms with E-state index in [1.807, 2.05) is 11.8 Å². The highest BCUT2D eigenvalue weighted by Gasteiger charge is 2.24. The van der Waals surface area contributed by atoms with E-state index >= 15 is 0 Å². The first kappa shape index (κ1) is 12.5. The Morgan fingerprint density at radius 3 is 3.00 bits per heavy atom. The molecule has 0 bridgehead atoms. The number of thioether (sulfide) groups is 1. The van der Waals surface area contributed by atoms with Crippen molar-refractivity contribution in [1.82, 2.24) is 5.32 Å². The third-order valence-corrected chi connectivity index (χ3v) is 3.91. The Kier molecular flexibility index (Phi) is 4.47. The summed E-state index contributed by atoms with van der Waals surface area (Å²) in [5.41, 5.74) is 2.65. The Morgan fingerprint density at radius 1 is 1.53 bits per heavy atom. The number of nitrogens with zero attached hydrogens (tertiary/aromatic N) is 1. The Hall–Kier alpha value is -0.980. The average Bonchev–Trinajstić information content (AvgIpc) is 3.12. The SMILES string of the molecule is Cc1cccc(CSCC(C#N)NC2CC2)c1. The minimum Gasteiger partial charge on any atom is -0.298 e. The molecule has 1 aliphatic carbocycles. The molecule has 17 heavy (non-hydrogen) atoms. The lowest BCUT2D eigenvalue weighted by Crippen LogP contribution is -2.31. The Morgan fingerprint density at radius 2 is 2.35 bits per heavy atom. The molecule has 1 atom stereocenters. The van der Waals surface area contributed by atoms with Crippen molar-refractivity contribution in [2.24, 2.45) is 0 Å². The number of aryl methyl sites for hydroxylation is 1. The largest absolute Gasteiger partial charge is 0.298 e. The molecule has 2 nitrogen and oxygen atoms in total. The average molecular weight is 246 g/mol. The van der Waals surface area contributed by atoms with Crippen molar-refractivity contribution in [3.8, 4) is 6.07 Å². The van der Waals surface area contributed by atoms with Gasteiger partial charge in [-0.05, 0) is 25.3 Å². The van der Waals surface area contributed by atoms with E-state index in [2.05, 4.69) is 42.6 Å². The Labute approximate surface area is 107 Å². The van der Waals surface area contributed by atoms with E-state index in [1.54, 1.807) is 0 Å². The van der Waals surface area contributed by atoms with Gasteiger partial charge in [0.25, 0.3) is 0 Å². The molecule has 1 saturated carbocycles. The summed E-state index contributed by atoms with van der Waals surface area (Å²) in [6.45, 7) is 2.11. The van der Waals surface area contributed by atoms with Gasteiger partial charge in [0.1, 0.15) is 6.04 Å². The maximum Gasteiger partial charge on any atom is 0.105 e. The highest BCUT2D eigenvalue weighted by atomic mass is 32.2. The van der Waals surface area contributed by atoms with E-state index in [-0.39, 0.29) is 6.04 Å². The molecular formula is C14H18N2S. The van der Waals surface area contributed by atoms with Crippen molar-refractivity contribution >= 4 is 11.8 Å². The summed E-state index contributed by atoms with van der Waals surface area (Å²) in [6, 6.07) is 11.5. The molecule has 0 spiro atoms. The summed E-state index contributed by atoms with van der Waals surface area (Å²) in [6.07, 6.45) is 2.47. The summed E-state index contributed by atoms with van der Waals surface area (Å²) >= 11 is 1.83. The molecule has 0 aliphatic heterocycles. The molecule has 2 rings (SSSR count). The minimum atomic E-state index is 0.0114. The van der Waals surface area contributed by atoms with Crippen molar-refractivity contribution in [3.63, 3.8) is 0 Å². The molecule has 3 heteroatoms. The number of nitriles is 1. The van der Waals surface area contributed by atoms with E-state index < -0.39 is 0 Å². The maximum absolute atomic E-state index is 9.02. The highest BCUT2D eigenvalue weighted by molar-refractivity contribution is 7.98. The van der Waals surface area contributed by atoms with Crippen molar-refractivity contribution in [2.45, 2.75) is 37.6 Å². The van der Waals surface area contributed by atoms with Crippen LogP contribution in [0.2, 0.25) is 0 Å². The van der Waals surface area contributed by atoms with E-state index in [1.165, 1.54) is 24.0 Å². The topological polar surface area (TPSA) is 35.8 Å². The first-order valence-corrected chi connectivity index (χ1v) is 7.22. The molecule has 90 valence electrons. The fraction of sp³-hybridized carbons (Fsp3) is 0.500. The third-order valence-electron chi connectivity index (χ3n) is 2.81. The molecule has 1 aromatic carbocycles. The van der Waals surface area contributed by atoms with Crippen LogP contribution in [-0.2, 0) is 5.75 Å². The van der Waals surface area contributed by atoms with E-state index in [0.29, 0.717) is 6.04 Å². The molecule has 0 aromatic heterocycles. The van der Waals surface area contributed by atoms with Crippen LogP contribution in [0.5, 0.6) is 0 Å². The second kappa shape index (κ2) is 6.09. The number of rotatable bonds is 6. The molecule has 1 N–H and O–H groups in total. The van der Waals surface area contributed by atoms with Gasteiger partial charge in [0.05, 0.1) is 6.07 Å². The van der Waals surface area contributed by atoms with Crippen LogP contribution in [0.15, 0.2) is 24.3 Å². The highest BCUT2D eigenvalue weighted by Crippen LogP contribution is 2.21. The fourth-order valence-corrected chi connectivity index (χ4v) is 2.69. The molecule has 1 unspecified atom stereocenters. The van der Waals surface area contributed by atoms with E-state index in [4.69, 9.17) is 5.26 Å². The summed E-state index contributed by atoms with van der Waals surface area (Å²) < 4.78 is 0. The van der Waals surface area contributed by atoms with Crippen LogP contribution in [0.1, 0.15) is 24.0 Å². The Balaban J connectivity index is 1.72. The zero-order chi connectivity index (χ0) is 12.1. The van der Waals surface area contributed by atoms with Crippen LogP contribution in [0.4, 0.5) is 0 Å². The smallest absolute Gasteiger partial charge is 0.105 e. The number of hydrogen-bond acceptors (Lipinski definition) is 3. The first-order chi connectivity index (χ1) is 8.28. The minimum absolute atomic E-state index is 0.0114. The number of hydrogen-bond donors (Lipinski definition) is 1. The monoisotopic (exact) mass is 246 g/mol. The van der Waals surface area contributed by atoms with Crippen LogP contribution < -0.4 is 5.32 Å². The van der Waals surface area contributed by atoms with Crippen molar-refractivity contribution in [3.05, 3.63) is 35.4 Å². The zero-order valence-corrected chi connectivity index (χ0v) is 11.0. The fourth-order valence-electron chi connectivity index (χ4n) is 1.75. The number of benzene rings is 1. The molecule has 1 aromatic rings. The number of nitrogens with one attached hydrogen (secondary N) is 1. The van der Waals surface area contributed by atoms with Gasteiger partial charge in [-0.1, -0.05) is 29.8 Å². The van der Waals surface area contributed by atoms with E-state index in [9.17, 15) is 0 Å². The van der Waals surface area contributed by atoms with Gasteiger partial charge in [0.2, 0.25) is 0 Å². The third kappa shape index (κ3) is 4.41. The van der Waals surface area contributed by atoms with Gasteiger partial charge >= 0.3 is 0 Å². The maximum atomic E-state index is 9.02. The van der Waals surface area contributed by atoms with Crippen LogP contribution in [-0.4, -0.2) is 17.8 Å². The van der Waals surface area contributed by atoms with Crippen molar-refractivity contribution < 1.29 is 0 Å². The molecule has 0 saturated heterocycles. The van der Waals surface area contributed by atoms with Gasteiger partial charge < -0.3 is 0 Å². The van der Waals surface area contributed by atoms with Crippen molar-refractivity contribution in [2.75, 3.05) is 5.75 Å². The summed E-state index contributed by atoms with van der Waals surface area (Å²) in [5.74, 6) is 1.87. The lowest BCUT2D eigenvalue weighted by molar-refractivity contribution is 0.644.